The number of nitrogens with one attached hydrogen (secondary N) is 2. The molecular weight excluding hydrogens is 386 g/mol. The Morgan fingerprint density at radius 1 is 1.21 bits per heavy atom. The Hall–Kier alpha value is -1.69. The first kappa shape index (κ1) is 19.3. The molecule has 0 radical (unpaired) electrons. The number of hydrogen-bond acceptors (Lipinski definition) is 5. The molecule has 2 aromatic rings. The summed E-state index contributed by atoms with van der Waals surface area (Å²) in [5.41, 5.74) is 2.88. The van der Waals surface area contributed by atoms with Gasteiger partial charge in [-0.25, -0.2) is 0 Å². The lowest BCUT2D eigenvalue weighted by atomic mass is 9.74. The van der Waals surface area contributed by atoms with Crippen molar-refractivity contribution in [3.8, 4) is 0 Å². The van der Waals surface area contributed by atoms with Crippen LogP contribution < -0.4 is 10.6 Å². The van der Waals surface area contributed by atoms with Gasteiger partial charge in [-0.2, -0.15) is 0 Å². The topological polar surface area (TPSA) is 60.7 Å². The van der Waals surface area contributed by atoms with E-state index in [4.69, 9.17) is 16.0 Å². The van der Waals surface area contributed by atoms with Gasteiger partial charge in [-0.3, -0.25) is 4.90 Å². The molecule has 2 fully saturated rings. The number of piperidine rings is 1. The second-order valence-electron chi connectivity index (χ2n) is 8.91. The maximum absolute atomic E-state index is 9.75. The molecule has 1 saturated heterocycles. The van der Waals surface area contributed by atoms with Gasteiger partial charge in [0.15, 0.2) is 0 Å². The van der Waals surface area contributed by atoms with Crippen LogP contribution in [-0.4, -0.2) is 29.2 Å². The molecular formula is C23H30ClN3O2. The predicted molar refractivity (Wildman–Crippen MR) is 117 cm³/mol. The largest absolute Gasteiger partial charge is 0.459 e. The highest BCUT2D eigenvalue weighted by molar-refractivity contribution is 6.34. The summed E-state index contributed by atoms with van der Waals surface area (Å²) in [6, 6.07) is 4.36. The molecule has 5 rings (SSSR count). The summed E-state index contributed by atoms with van der Waals surface area (Å²) in [7, 11) is 0. The molecule has 1 aromatic heterocycles. The molecule has 1 unspecified atom stereocenters. The lowest BCUT2D eigenvalue weighted by Crippen LogP contribution is -2.48. The van der Waals surface area contributed by atoms with Gasteiger partial charge in [0.05, 0.1) is 35.2 Å². The summed E-state index contributed by atoms with van der Waals surface area (Å²) in [5.74, 6) is 1.76. The minimum Gasteiger partial charge on any atom is -0.459 e. The maximum Gasteiger partial charge on any atom is 0.142 e. The summed E-state index contributed by atoms with van der Waals surface area (Å²) in [5, 5.41) is 18.5. The van der Waals surface area contributed by atoms with Gasteiger partial charge in [0.1, 0.15) is 11.3 Å². The van der Waals surface area contributed by atoms with Gasteiger partial charge in [0, 0.05) is 17.0 Å². The highest BCUT2D eigenvalue weighted by Crippen LogP contribution is 2.49. The quantitative estimate of drug-likeness (QED) is 0.652. The SMILES string of the molecule is C=C1Nc2c(Cl)cc3cc(CN4CCCCC4CO)oc3c2C2(CCCCC2)N1. The van der Waals surface area contributed by atoms with Crippen molar-refractivity contribution in [3.05, 3.63) is 40.9 Å². The Morgan fingerprint density at radius 2 is 2.03 bits per heavy atom. The monoisotopic (exact) mass is 415 g/mol. The van der Waals surface area contributed by atoms with Crippen molar-refractivity contribution in [1.82, 2.24) is 10.2 Å². The van der Waals surface area contributed by atoms with Gasteiger partial charge in [0.2, 0.25) is 0 Å². The van der Waals surface area contributed by atoms with Crippen molar-refractivity contribution in [3.63, 3.8) is 0 Å². The van der Waals surface area contributed by atoms with Gasteiger partial charge in [-0.1, -0.05) is 43.9 Å². The van der Waals surface area contributed by atoms with Crippen LogP contribution in [0.2, 0.25) is 5.02 Å². The fraction of sp³-hybridized carbons (Fsp3) is 0.565. The van der Waals surface area contributed by atoms with Crippen LogP contribution in [-0.2, 0) is 12.1 Å². The molecule has 1 aromatic carbocycles. The Kier molecular flexibility index (Phi) is 5.01. The average Bonchev–Trinajstić information content (AvgIpc) is 3.10. The molecule has 1 saturated carbocycles. The molecule has 2 aliphatic heterocycles. The first-order chi connectivity index (χ1) is 14.1. The second-order valence-corrected chi connectivity index (χ2v) is 9.32. The average molecular weight is 416 g/mol. The minimum atomic E-state index is -0.160. The Labute approximate surface area is 177 Å². The van der Waals surface area contributed by atoms with Crippen molar-refractivity contribution < 1.29 is 9.52 Å². The van der Waals surface area contributed by atoms with Crippen LogP contribution >= 0.6 is 11.6 Å². The van der Waals surface area contributed by atoms with Gasteiger partial charge < -0.3 is 20.2 Å². The number of halogens is 1. The molecule has 29 heavy (non-hydrogen) atoms. The number of hydrogen-bond donors (Lipinski definition) is 3. The Morgan fingerprint density at radius 3 is 2.83 bits per heavy atom. The van der Waals surface area contributed by atoms with Crippen molar-refractivity contribution in [2.24, 2.45) is 0 Å². The fourth-order valence-electron chi connectivity index (χ4n) is 5.60. The third-order valence-corrected chi connectivity index (χ3v) is 7.28. The number of aliphatic hydroxyl groups excluding tert-OH is 1. The number of likely N-dealkylation sites (tertiary alicyclic amines) is 1. The third-order valence-electron chi connectivity index (χ3n) is 6.98. The molecule has 3 N–H and O–H groups in total. The summed E-state index contributed by atoms with van der Waals surface area (Å²) >= 11 is 6.72. The lowest BCUT2D eigenvalue weighted by Gasteiger charge is -2.44. The zero-order valence-electron chi connectivity index (χ0n) is 16.9. The van der Waals surface area contributed by atoms with Crippen molar-refractivity contribution >= 4 is 28.3 Å². The molecule has 0 bridgehead atoms. The number of aliphatic hydroxyl groups is 1. The summed E-state index contributed by atoms with van der Waals surface area (Å²) in [6.07, 6.45) is 9.18. The normalized spacial score (nSPS) is 24.3. The van der Waals surface area contributed by atoms with Crippen LogP contribution in [0.4, 0.5) is 5.69 Å². The van der Waals surface area contributed by atoms with E-state index < -0.39 is 0 Å². The molecule has 3 heterocycles. The third kappa shape index (κ3) is 3.33. The number of benzene rings is 1. The number of anilines is 1. The number of nitrogens with zero attached hydrogens (tertiary/aromatic N) is 1. The van der Waals surface area contributed by atoms with E-state index in [-0.39, 0.29) is 18.2 Å². The molecule has 1 spiro atoms. The smallest absolute Gasteiger partial charge is 0.142 e. The molecule has 5 nitrogen and oxygen atoms in total. The van der Waals surface area contributed by atoms with Gasteiger partial charge >= 0.3 is 0 Å². The van der Waals surface area contributed by atoms with Gasteiger partial charge in [-0.15, -0.1) is 0 Å². The van der Waals surface area contributed by atoms with E-state index in [9.17, 15) is 5.11 Å². The van der Waals surface area contributed by atoms with Gasteiger partial charge in [0.25, 0.3) is 0 Å². The van der Waals surface area contributed by atoms with Crippen LogP contribution in [0.25, 0.3) is 11.0 Å². The summed E-state index contributed by atoms with van der Waals surface area (Å²) in [4.78, 5) is 2.35. The van der Waals surface area contributed by atoms with E-state index >= 15 is 0 Å². The molecule has 3 aliphatic rings. The van der Waals surface area contributed by atoms with Crippen molar-refractivity contribution in [2.75, 3.05) is 18.5 Å². The van der Waals surface area contributed by atoms with Crippen LogP contribution in [0.5, 0.6) is 0 Å². The first-order valence-electron chi connectivity index (χ1n) is 10.9. The standard InChI is InChI=1S/C23H30ClN3O2/c1-15-25-21-19(24)12-16-11-18(13-27-10-6-3-7-17(27)14-28)29-22(16)20(21)23(26-15)8-4-2-5-9-23/h11-12,17,25-26,28H,1-10,13-14H2. The van der Waals surface area contributed by atoms with Crippen LogP contribution in [0, 0.1) is 0 Å². The van der Waals surface area contributed by atoms with E-state index in [0.29, 0.717) is 0 Å². The van der Waals surface area contributed by atoms with Crippen molar-refractivity contribution in [1.29, 1.82) is 0 Å². The molecule has 6 heteroatoms. The van der Waals surface area contributed by atoms with Crippen molar-refractivity contribution in [2.45, 2.75) is 69.5 Å². The minimum absolute atomic E-state index is 0.160. The fourth-order valence-corrected chi connectivity index (χ4v) is 5.86. The molecule has 156 valence electrons. The molecule has 1 aliphatic carbocycles. The number of furan rings is 1. The lowest BCUT2D eigenvalue weighted by molar-refractivity contribution is 0.0787. The zero-order chi connectivity index (χ0) is 20.0. The molecule has 1 atom stereocenters. The number of rotatable bonds is 3. The Bertz CT molecular complexity index is 932. The van der Waals surface area contributed by atoms with E-state index in [1.54, 1.807) is 0 Å². The zero-order valence-corrected chi connectivity index (χ0v) is 17.7. The Balaban J connectivity index is 1.58. The highest BCUT2D eigenvalue weighted by atomic mass is 35.5. The highest BCUT2D eigenvalue weighted by Gasteiger charge is 2.42. The van der Waals surface area contributed by atoms with E-state index in [1.807, 2.05) is 6.07 Å². The van der Waals surface area contributed by atoms with Crippen LogP contribution in [0.3, 0.4) is 0 Å². The van der Waals surface area contributed by atoms with Crippen LogP contribution in [0.1, 0.15) is 62.7 Å². The van der Waals surface area contributed by atoms with Gasteiger partial charge in [-0.05, 0) is 44.4 Å². The predicted octanol–water partition coefficient (Wildman–Crippen LogP) is 5.08. The van der Waals surface area contributed by atoms with E-state index in [0.717, 1.165) is 71.2 Å². The molecule has 0 amide bonds. The first-order valence-corrected chi connectivity index (χ1v) is 11.3. The number of fused-ring (bicyclic) bond motifs is 4. The van der Waals surface area contributed by atoms with E-state index in [1.165, 1.54) is 32.1 Å². The maximum atomic E-state index is 9.75. The van der Waals surface area contributed by atoms with E-state index in [2.05, 4.69) is 28.2 Å². The second kappa shape index (κ2) is 7.53. The summed E-state index contributed by atoms with van der Waals surface area (Å²) in [6.45, 7) is 6.09. The summed E-state index contributed by atoms with van der Waals surface area (Å²) < 4.78 is 6.49. The van der Waals surface area contributed by atoms with Crippen LogP contribution in [0.15, 0.2) is 28.9 Å².